The van der Waals surface area contributed by atoms with E-state index >= 15 is 0 Å². The van der Waals surface area contributed by atoms with Crippen molar-refractivity contribution in [3.8, 4) is 5.75 Å². The molecule has 0 saturated heterocycles. The monoisotopic (exact) mass is 349 g/mol. The fourth-order valence-corrected chi connectivity index (χ4v) is 2.40. The van der Waals surface area contributed by atoms with Gasteiger partial charge in [0.1, 0.15) is 12.3 Å². The van der Waals surface area contributed by atoms with Crippen LogP contribution in [-0.2, 0) is 19.2 Å². The zero-order valence-electron chi connectivity index (χ0n) is 13.9. The molecule has 3 amide bonds. The summed E-state index contributed by atoms with van der Waals surface area (Å²) >= 11 is 0. The second-order valence-corrected chi connectivity index (χ2v) is 6.09. The van der Waals surface area contributed by atoms with Gasteiger partial charge in [0.2, 0.25) is 11.8 Å². The van der Waals surface area contributed by atoms with Crippen molar-refractivity contribution in [3.05, 3.63) is 18.2 Å². The van der Waals surface area contributed by atoms with E-state index in [2.05, 4.69) is 5.32 Å². The molecular weight excluding hydrogens is 330 g/mol. The summed E-state index contributed by atoms with van der Waals surface area (Å²) in [6.07, 6.45) is -0.472. The van der Waals surface area contributed by atoms with Crippen LogP contribution < -0.4 is 20.7 Å². The van der Waals surface area contributed by atoms with Gasteiger partial charge in [-0.25, -0.2) is 0 Å². The van der Waals surface area contributed by atoms with Crippen molar-refractivity contribution < 1.29 is 29.0 Å². The Labute approximate surface area is 143 Å². The second-order valence-electron chi connectivity index (χ2n) is 6.09. The topological polar surface area (TPSA) is 139 Å². The minimum Gasteiger partial charge on any atom is -0.481 e. The lowest BCUT2D eigenvalue weighted by Gasteiger charge is -2.38. The van der Waals surface area contributed by atoms with Crippen LogP contribution in [0.5, 0.6) is 5.75 Å². The van der Waals surface area contributed by atoms with Crippen LogP contribution >= 0.6 is 0 Å². The van der Waals surface area contributed by atoms with Crippen LogP contribution in [0.25, 0.3) is 0 Å². The van der Waals surface area contributed by atoms with Crippen LogP contribution in [0.3, 0.4) is 0 Å². The van der Waals surface area contributed by atoms with Gasteiger partial charge in [-0.15, -0.1) is 0 Å². The van der Waals surface area contributed by atoms with Gasteiger partial charge in [0.05, 0.1) is 12.1 Å². The molecule has 1 aliphatic heterocycles. The summed E-state index contributed by atoms with van der Waals surface area (Å²) in [5.41, 5.74) is 4.71. The van der Waals surface area contributed by atoms with Crippen molar-refractivity contribution in [2.45, 2.75) is 32.3 Å². The lowest BCUT2D eigenvalue weighted by molar-refractivity contribution is -0.138. The van der Waals surface area contributed by atoms with E-state index in [9.17, 15) is 19.2 Å². The van der Waals surface area contributed by atoms with E-state index in [1.807, 2.05) is 0 Å². The molecule has 0 aliphatic carbocycles. The number of primary amides is 1. The number of carbonyl (C=O) groups is 4. The molecule has 25 heavy (non-hydrogen) atoms. The number of aliphatic carboxylic acids is 1. The van der Waals surface area contributed by atoms with E-state index in [0.717, 1.165) is 0 Å². The molecule has 1 aromatic rings. The maximum Gasteiger partial charge on any atom is 0.303 e. The normalized spacial score (nSPS) is 15.1. The Hall–Kier alpha value is -3.10. The predicted octanol–water partition coefficient (Wildman–Crippen LogP) is 0.479. The summed E-state index contributed by atoms with van der Waals surface area (Å²) in [5.74, 6) is -2.31. The van der Waals surface area contributed by atoms with Crippen molar-refractivity contribution in [1.82, 2.24) is 0 Å². The SMILES string of the molecule is CC1(C)Oc2ccc(NC(=O)CCC(=O)O)cc2N(CC(N)=O)C1=O. The van der Waals surface area contributed by atoms with Crippen LogP contribution in [-0.4, -0.2) is 40.9 Å². The quantitative estimate of drug-likeness (QED) is 0.682. The third-order valence-electron chi connectivity index (χ3n) is 3.54. The smallest absolute Gasteiger partial charge is 0.303 e. The molecule has 0 spiro atoms. The number of ether oxygens (including phenoxy) is 1. The van der Waals surface area contributed by atoms with Gasteiger partial charge in [-0.05, 0) is 32.0 Å². The molecule has 0 fully saturated rings. The van der Waals surface area contributed by atoms with Gasteiger partial charge >= 0.3 is 5.97 Å². The lowest BCUT2D eigenvalue weighted by Crippen LogP contribution is -2.54. The van der Waals surface area contributed by atoms with Gasteiger partial charge in [0.15, 0.2) is 5.60 Å². The van der Waals surface area contributed by atoms with E-state index < -0.39 is 29.3 Å². The lowest BCUT2D eigenvalue weighted by atomic mass is 10.0. The van der Waals surface area contributed by atoms with E-state index in [0.29, 0.717) is 17.1 Å². The van der Waals surface area contributed by atoms with E-state index in [1.54, 1.807) is 26.0 Å². The second kappa shape index (κ2) is 6.80. The Balaban J connectivity index is 2.28. The standard InChI is InChI=1S/C16H19N3O6/c1-16(2)15(24)19(8-12(17)20)10-7-9(3-4-11(10)25-16)18-13(21)5-6-14(22)23/h3-4,7H,5-6,8H2,1-2H3,(H2,17,20)(H,18,21)(H,22,23). The molecule has 1 aliphatic rings. The van der Waals surface area contributed by atoms with E-state index in [-0.39, 0.29) is 19.4 Å². The maximum absolute atomic E-state index is 12.5. The number of nitrogens with one attached hydrogen (secondary N) is 1. The molecular formula is C16H19N3O6. The van der Waals surface area contributed by atoms with E-state index in [4.69, 9.17) is 15.6 Å². The largest absolute Gasteiger partial charge is 0.481 e. The van der Waals surface area contributed by atoms with Gasteiger partial charge in [0, 0.05) is 12.1 Å². The molecule has 0 atom stereocenters. The average molecular weight is 349 g/mol. The van der Waals surface area contributed by atoms with Crippen LogP contribution in [0.15, 0.2) is 18.2 Å². The predicted molar refractivity (Wildman–Crippen MR) is 88.2 cm³/mol. The van der Waals surface area contributed by atoms with Gasteiger partial charge in [0.25, 0.3) is 5.91 Å². The summed E-state index contributed by atoms with van der Waals surface area (Å²) in [7, 11) is 0. The number of hydrogen-bond donors (Lipinski definition) is 3. The fraction of sp³-hybridized carbons (Fsp3) is 0.375. The highest BCUT2D eigenvalue weighted by molar-refractivity contribution is 6.06. The highest BCUT2D eigenvalue weighted by Gasteiger charge is 2.41. The van der Waals surface area contributed by atoms with Crippen LogP contribution in [0, 0.1) is 0 Å². The van der Waals surface area contributed by atoms with E-state index in [1.165, 1.54) is 11.0 Å². The fourth-order valence-electron chi connectivity index (χ4n) is 2.40. The Bertz CT molecular complexity index is 743. The summed E-state index contributed by atoms with van der Waals surface area (Å²) < 4.78 is 5.65. The van der Waals surface area contributed by atoms with Crippen molar-refractivity contribution >= 4 is 35.1 Å². The number of anilines is 2. The minimum atomic E-state index is -1.16. The first-order valence-corrected chi connectivity index (χ1v) is 7.55. The number of amides is 3. The number of nitrogens with two attached hydrogens (primary N) is 1. The first-order valence-electron chi connectivity index (χ1n) is 7.55. The summed E-state index contributed by atoms with van der Waals surface area (Å²) in [5, 5.41) is 11.1. The van der Waals surface area contributed by atoms with Crippen LogP contribution in [0.2, 0.25) is 0 Å². The highest BCUT2D eigenvalue weighted by Crippen LogP contribution is 2.39. The van der Waals surface area contributed by atoms with Crippen molar-refractivity contribution in [3.63, 3.8) is 0 Å². The zero-order valence-corrected chi connectivity index (χ0v) is 13.9. The molecule has 0 unspecified atom stereocenters. The minimum absolute atomic E-state index is 0.181. The Morgan fingerprint density at radius 1 is 1.28 bits per heavy atom. The van der Waals surface area contributed by atoms with Gasteiger partial charge in [-0.3, -0.25) is 24.1 Å². The average Bonchev–Trinajstić information content (AvgIpc) is 2.50. The molecule has 1 aromatic carbocycles. The molecule has 4 N–H and O–H groups in total. The van der Waals surface area contributed by atoms with Gasteiger partial charge < -0.3 is 20.9 Å². The van der Waals surface area contributed by atoms with Gasteiger partial charge in [-0.2, -0.15) is 0 Å². The number of rotatable bonds is 6. The first kappa shape index (κ1) is 18.2. The molecule has 134 valence electrons. The Morgan fingerprint density at radius 3 is 2.56 bits per heavy atom. The third-order valence-corrected chi connectivity index (χ3v) is 3.54. The summed E-state index contributed by atoms with van der Waals surface area (Å²) in [6.45, 7) is 2.83. The number of carbonyl (C=O) groups excluding carboxylic acids is 3. The molecule has 0 radical (unpaired) electrons. The molecule has 9 nitrogen and oxygen atoms in total. The number of carboxylic acid groups (broad SMARTS) is 1. The number of benzene rings is 1. The Morgan fingerprint density at radius 2 is 1.96 bits per heavy atom. The molecule has 0 saturated carbocycles. The number of nitrogens with zero attached hydrogens (tertiary/aromatic N) is 1. The molecule has 1 heterocycles. The van der Waals surface area contributed by atoms with Crippen molar-refractivity contribution in [2.75, 3.05) is 16.8 Å². The van der Waals surface area contributed by atoms with Crippen molar-refractivity contribution in [1.29, 1.82) is 0 Å². The number of hydrogen-bond acceptors (Lipinski definition) is 5. The summed E-state index contributed by atoms with van der Waals surface area (Å²) in [6, 6.07) is 4.60. The maximum atomic E-state index is 12.5. The van der Waals surface area contributed by atoms with Crippen LogP contribution in [0.4, 0.5) is 11.4 Å². The molecule has 0 bridgehead atoms. The number of carboxylic acids is 1. The van der Waals surface area contributed by atoms with Crippen molar-refractivity contribution in [2.24, 2.45) is 5.73 Å². The Kier molecular flexibility index (Phi) is 4.96. The van der Waals surface area contributed by atoms with Crippen LogP contribution in [0.1, 0.15) is 26.7 Å². The molecule has 9 heteroatoms. The summed E-state index contributed by atoms with van der Waals surface area (Å²) in [4.78, 5) is 47.3. The van der Waals surface area contributed by atoms with Gasteiger partial charge in [-0.1, -0.05) is 0 Å². The molecule has 2 rings (SSSR count). The molecule has 0 aromatic heterocycles. The third kappa shape index (κ3) is 4.25. The number of fused-ring (bicyclic) bond motifs is 1. The highest BCUT2D eigenvalue weighted by atomic mass is 16.5. The zero-order chi connectivity index (χ0) is 18.8. The first-order chi connectivity index (χ1) is 11.6.